The van der Waals surface area contributed by atoms with Crippen LogP contribution in [-0.4, -0.2) is 41.1 Å². The van der Waals surface area contributed by atoms with Crippen molar-refractivity contribution in [1.82, 2.24) is 0 Å². The van der Waals surface area contributed by atoms with Crippen LogP contribution in [0.2, 0.25) is 0 Å². The van der Waals surface area contributed by atoms with Gasteiger partial charge in [0.2, 0.25) is 0 Å². The Hall–Kier alpha value is -1.66. The minimum absolute atomic E-state index is 0.00361. The number of hydrogen-bond donors (Lipinski definition) is 1. The lowest BCUT2D eigenvalue weighted by Crippen LogP contribution is -2.62. The highest BCUT2D eigenvalue weighted by molar-refractivity contribution is 6.32. The van der Waals surface area contributed by atoms with Crippen molar-refractivity contribution >= 4 is 29.3 Å². The number of ether oxygens (including phenoxy) is 2. The van der Waals surface area contributed by atoms with Gasteiger partial charge in [0.15, 0.2) is 11.4 Å². The van der Waals surface area contributed by atoms with Gasteiger partial charge in [-0.3, -0.25) is 9.59 Å². The van der Waals surface area contributed by atoms with Gasteiger partial charge in [0.05, 0.1) is 6.10 Å². The maximum Gasteiger partial charge on any atom is 0.331 e. The van der Waals surface area contributed by atoms with Gasteiger partial charge < -0.3 is 14.6 Å². The maximum absolute atomic E-state index is 12.8. The Labute approximate surface area is 175 Å². The number of carbonyl (C=O) groups is 3. The minimum Gasteiger partial charge on any atom is -0.462 e. The molecule has 0 saturated heterocycles. The fourth-order valence-electron chi connectivity index (χ4n) is 6.90. The van der Waals surface area contributed by atoms with E-state index in [1.165, 1.54) is 19.9 Å². The fourth-order valence-corrected chi connectivity index (χ4v) is 7.31. The van der Waals surface area contributed by atoms with Crippen LogP contribution in [0.1, 0.15) is 47.0 Å². The Morgan fingerprint density at radius 1 is 1.31 bits per heavy atom. The van der Waals surface area contributed by atoms with Crippen LogP contribution in [0, 0.1) is 28.6 Å². The number of Topliss-reactive ketones (excluding diaryl/α,β-unsaturated/α-hetero) is 1. The van der Waals surface area contributed by atoms with Crippen molar-refractivity contribution in [3.8, 4) is 0 Å². The van der Waals surface area contributed by atoms with E-state index in [9.17, 15) is 19.5 Å². The van der Waals surface area contributed by atoms with Gasteiger partial charge in [-0.05, 0) is 43.6 Å². The number of hydrogen-bond acceptors (Lipinski definition) is 6. The summed E-state index contributed by atoms with van der Waals surface area (Å²) in [5.74, 6) is -1.43. The van der Waals surface area contributed by atoms with E-state index in [-0.39, 0.29) is 30.1 Å². The van der Waals surface area contributed by atoms with Gasteiger partial charge in [-0.2, -0.15) is 0 Å². The standard InChI is InChI=1S/C22H27ClO6/c1-11(24)22(29-12(2)25)6-5-14-13-7-16(23)15-8-18(27)28-10-20(15,3)19(13)17(26)9-21(14,22)4/h7-8,13-14,17,19,26H,5-6,9-10H2,1-4H3/t13-,14-,17?,19+,20-,21-,22-/m0/s1. The van der Waals surface area contributed by atoms with E-state index in [1.54, 1.807) is 0 Å². The van der Waals surface area contributed by atoms with Crippen molar-refractivity contribution < 1.29 is 29.0 Å². The fraction of sp³-hybridized carbons (Fsp3) is 0.682. The summed E-state index contributed by atoms with van der Waals surface area (Å²) in [5.41, 5.74) is -1.85. The van der Waals surface area contributed by atoms with E-state index in [2.05, 4.69) is 0 Å². The highest BCUT2D eigenvalue weighted by Crippen LogP contribution is 2.67. The normalized spacial score (nSPS) is 45.8. The summed E-state index contributed by atoms with van der Waals surface area (Å²) in [6, 6.07) is 0. The summed E-state index contributed by atoms with van der Waals surface area (Å²) in [6.45, 7) is 6.86. The number of ketones is 1. The van der Waals surface area contributed by atoms with Gasteiger partial charge in [0, 0.05) is 34.8 Å². The number of fused-ring (bicyclic) bond motifs is 5. The number of halogens is 1. The molecule has 158 valence electrons. The Balaban J connectivity index is 1.84. The Morgan fingerprint density at radius 2 is 2.00 bits per heavy atom. The predicted molar refractivity (Wildman–Crippen MR) is 105 cm³/mol. The smallest absolute Gasteiger partial charge is 0.331 e. The second kappa shape index (κ2) is 6.42. The van der Waals surface area contributed by atoms with Crippen LogP contribution in [0.5, 0.6) is 0 Å². The third-order valence-corrected chi connectivity index (χ3v) is 8.42. The van der Waals surface area contributed by atoms with Gasteiger partial charge in [0.1, 0.15) is 6.61 Å². The van der Waals surface area contributed by atoms with Crippen LogP contribution in [0.3, 0.4) is 0 Å². The lowest BCUT2D eigenvalue weighted by atomic mass is 9.48. The Kier molecular flexibility index (Phi) is 4.56. The molecule has 0 amide bonds. The van der Waals surface area contributed by atoms with Crippen molar-refractivity contribution in [2.75, 3.05) is 6.61 Å². The third-order valence-electron chi connectivity index (χ3n) is 8.09. The number of allylic oxidation sites excluding steroid dienone is 2. The molecule has 4 rings (SSSR count). The van der Waals surface area contributed by atoms with Crippen molar-refractivity contribution in [2.45, 2.75) is 58.7 Å². The molecular formula is C22H27ClO6. The molecule has 2 fully saturated rings. The van der Waals surface area contributed by atoms with E-state index in [4.69, 9.17) is 21.1 Å². The first-order valence-corrected chi connectivity index (χ1v) is 10.5. The summed E-state index contributed by atoms with van der Waals surface area (Å²) in [6.07, 6.45) is 4.03. The average Bonchev–Trinajstić information content (AvgIpc) is 2.89. The lowest BCUT2D eigenvalue weighted by Gasteiger charge is -2.58. The summed E-state index contributed by atoms with van der Waals surface area (Å²) < 4.78 is 11.0. The molecule has 0 spiro atoms. The first-order chi connectivity index (χ1) is 13.5. The molecule has 1 aliphatic heterocycles. The molecule has 1 N–H and O–H groups in total. The number of aliphatic hydroxyl groups is 1. The van der Waals surface area contributed by atoms with Crippen LogP contribution in [0.4, 0.5) is 0 Å². The van der Waals surface area contributed by atoms with E-state index in [0.717, 1.165) is 0 Å². The molecule has 0 aromatic rings. The molecule has 0 aromatic heterocycles. The van der Waals surface area contributed by atoms with E-state index in [1.807, 2.05) is 19.9 Å². The topological polar surface area (TPSA) is 89.9 Å². The van der Waals surface area contributed by atoms with Crippen LogP contribution in [0.15, 0.2) is 22.8 Å². The molecule has 7 atom stereocenters. The zero-order valence-corrected chi connectivity index (χ0v) is 17.9. The van der Waals surface area contributed by atoms with E-state index < -0.39 is 34.5 Å². The summed E-state index contributed by atoms with van der Waals surface area (Å²) >= 11 is 6.62. The third kappa shape index (κ3) is 2.61. The number of rotatable bonds is 2. The lowest BCUT2D eigenvalue weighted by molar-refractivity contribution is -0.195. The van der Waals surface area contributed by atoms with Crippen molar-refractivity contribution in [3.05, 3.63) is 22.8 Å². The van der Waals surface area contributed by atoms with Crippen molar-refractivity contribution in [1.29, 1.82) is 0 Å². The monoisotopic (exact) mass is 422 g/mol. The molecule has 4 aliphatic rings. The van der Waals surface area contributed by atoms with Crippen molar-refractivity contribution in [2.24, 2.45) is 28.6 Å². The zero-order chi connectivity index (χ0) is 21.4. The van der Waals surface area contributed by atoms with Gasteiger partial charge in [-0.1, -0.05) is 31.5 Å². The Bertz CT molecular complexity index is 861. The van der Waals surface area contributed by atoms with Crippen LogP contribution in [0.25, 0.3) is 0 Å². The first-order valence-electron chi connectivity index (χ1n) is 10.1. The van der Waals surface area contributed by atoms with Gasteiger partial charge >= 0.3 is 11.9 Å². The quantitative estimate of drug-likeness (QED) is 0.688. The second-order valence-electron chi connectivity index (χ2n) is 9.51. The molecule has 1 heterocycles. The van der Waals surface area contributed by atoms with Crippen LogP contribution in [-0.2, 0) is 23.9 Å². The molecule has 3 aliphatic carbocycles. The second-order valence-corrected chi connectivity index (χ2v) is 9.92. The molecule has 2 saturated carbocycles. The molecule has 29 heavy (non-hydrogen) atoms. The highest BCUT2D eigenvalue weighted by Gasteiger charge is 2.69. The molecular weight excluding hydrogens is 396 g/mol. The van der Waals surface area contributed by atoms with Gasteiger partial charge in [-0.15, -0.1) is 0 Å². The largest absolute Gasteiger partial charge is 0.462 e. The highest BCUT2D eigenvalue weighted by atomic mass is 35.5. The van der Waals surface area contributed by atoms with Gasteiger partial charge in [-0.25, -0.2) is 4.79 Å². The number of aliphatic hydroxyl groups excluding tert-OH is 1. The summed E-state index contributed by atoms with van der Waals surface area (Å²) in [5, 5.41) is 11.8. The molecule has 0 radical (unpaired) electrons. The Morgan fingerprint density at radius 3 is 2.62 bits per heavy atom. The molecule has 6 nitrogen and oxygen atoms in total. The minimum atomic E-state index is -1.24. The molecule has 1 unspecified atom stereocenters. The number of esters is 2. The molecule has 7 heteroatoms. The van der Waals surface area contributed by atoms with Gasteiger partial charge in [0.25, 0.3) is 0 Å². The van der Waals surface area contributed by atoms with Crippen molar-refractivity contribution in [3.63, 3.8) is 0 Å². The maximum atomic E-state index is 12.8. The molecule has 0 bridgehead atoms. The van der Waals surface area contributed by atoms with E-state index >= 15 is 0 Å². The first kappa shape index (κ1) is 20.6. The summed E-state index contributed by atoms with van der Waals surface area (Å²) in [4.78, 5) is 36.5. The average molecular weight is 423 g/mol. The number of cyclic esters (lactones) is 1. The zero-order valence-electron chi connectivity index (χ0n) is 17.2. The predicted octanol–water partition coefficient (Wildman–Crippen LogP) is 2.92. The van der Waals surface area contributed by atoms with Crippen LogP contribution >= 0.6 is 11.6 Å². The SMILES string of the molecule is CC(=O)O[C@]1(C(C)=O)CC[C@H]2[C@@H]3C=C(Cl)C4=CC(=O)OC[C@]4(C)[C@H]3C(O)C[C@@]21C. The van der Waals surface area contributed by atoms with Crippen LogP contribution < -0.4 is 0 Å². The number of carbonyl (C=O) groups excluding carboxylic acids is 3. The molecule has 0 aromatic carbocycles. The van der Waals surface area contributed by atoms with E-state index in [0.29, 0.717) is 29.9 Å². The summed E-state index contributed by atoms with van der Waals surface area (Å²) in [7, 11) is 0.